The van der Waals surface area contributed by atoms with Gasteiger partial charge in [-0.15, -0.1) is 0 Å². The van der Waals surface area contributed by atoms with Crippen LogP contribution >= 0.6 is 27.5 Å². The van der Waals surface area contributed by atoms with Crippen molar-refractivity contribution in [2.45, 2.75) is 6.04 Å². The Hall–Kier alpha value is -1.10. The average molecular weight is 342 g/mol. The molecule has 2 aromatic rings. The van der Waals surface area contributed by atoms with E-state index in [0.717, 1.165) is 21.5 Å². The van der Waals surface area contributed by atoms with Gasteiger partial charge in [-0.05, 0) is 42.9 Å². The Morgan fingerprint density at radius 3 is 2.79 bits per heavy atom. The molecule has 1 heterocycles. The summed E-state index contributed by atoms with van der Waals surface area (Å²) in [5.41, 5.74) is 1.86. The molecule has 0 aliphatic rings. The van der Waals surface area contributed by atoms with Crippen LogP contribution in [0.5, 0.6) is 5.75 Å². The number of pyridine rings is 1. The van der Waals surface area contributed by atoms with E-state index < -0.39 is 0 Å². The van der Waals surface area contributed by atoms with Crippen molar-refractivity contribution in [3.05, 3.63) is 57.3 Å². The van der Waals surface area contributed by atoms with Crippen molar-refractivity contribution in [3.8, 4) is 5.75 Å². The smallest absolute Gasteiger partial charge is 0.142 e. The maximum absolute atomic E-state index is 6.10. The van der Waals surface area contributed by atoms with Crippen molar-refractivity contribution in [3.63, 3.8) is 0 Å². The largest absolute Gasteiger partial charge is 0.495 e. The van der Waals surface area contributed by atoms with Gasteiger partial charge in [-0.1, -0.05) is 27.5 Å². The zero-order valence-electron chi connectivity index (χ0n) is 10.7. The molecule has 19 heavy (non-hydrogen) atoms. The minimum Gasteiger partial charge on any atom is -0.495 e. The molecule has 1 N–H and O–H groups in total. The average Bonchev–Trinajstić information content (AvgIpc) is 2.39. The second-order valence-corrected chi connectivity index (χ2v) is 5.37. The highest BCUT2D eigenvalue weighted by Gasteiger charge is 2.18. The lowest BCUT2D eigenvalue weighted by Gasteiger charge is -2.19. The van der Waals surface area contributed by atoms with Gasteiger partial charge in [0.25, 0.3) is 0 Å². The summed E-state index contributed by atoms with van der Waals surface area (Å²) >= 11 is 9.56. The van der Waals surface area contributed by atoms with Gasteiger partial charge in [-0.25, -0.2) is 0 Å². The number of ether oxygens (including phenoxy) is 1. The van der Waals surface area contributed by atoms with Crippen LogP contribution in [0, 0.1) is 0 Å². The molecule has 1 atom stereocenters. The van der Waals surface area contributed by atoms with E-state index in [1.165, 1.54) is 0 Å². The van der Waals surface area contributed by atoms with Crippen LogP contribution in [0.4, 0.5) is 0 Å². The predicted octanol–water partition coefficient (Wildman–Crippen LogP) is 3.81. The fraction of sp³-hybridized carbons (Fsp3) is 0.214. The van der Waals surface area contributed by atoms with E-state index in [9.17, 15) is 0 Å². The maximum Gasteiger partial charge on any atom is 0.142 e. The van der Waals surface area contributed by atoms with Crippen molar-refractivity contribution in [2.24, 2.45) is 0 Å². The number of nitrogens with one attached hydrogen (secondary N) is 1. The predicted molar refractivity (Wildman–Crippen MR) is 80.8 cm³/mol. The van der Waals surface area contributed by atoms with Crippen molar-refractivity contribution in [1.29, 1.82) is 0 Å². The van der Waals surface area contributed by atoms with Crippen molar-refractivity contribution >= 4 is 27.5 Å². The van der Waals surface area contributed by atoms with Crippen LogP contribution in [-0.2, 0) is 0 Å². The number of benzene rings is 1. The minimum absolute atomic E-state index is 0.0776. The van der Waals surface area contributed by atoms with E-state index in [-0.39, 0.29) is 6.04 Å². The zero-order chi connectivity index (χ0) is 13.8. The Kier molecular flexibility index (Phi) is 4.80. The molecule has 0 saturated carbocycles. The highest BCUT2D eigenvalue weighted by Crippen LogP contribution is 2.31. The van der Waals surface area contributed by atoms with Gasteiger partial charge in [-0.2, -0.15) is 0 Å². The Morgan fingerprint density at radius 1 is 1.37 bits per heavy atom. The quantitative estimate of drug-likeness (QED) is 0.918. The van der Waals surface area contributed by atoms with Crippen LogP contribution in [0.3, 0.4) is 0 Å². The van der Waals surface area contributed by atoms with E-state index >= 15 is 0 Å². The molecule has 0 bridgehead atoms. The van der Waals surface area contributed by atoms with Crippen LogP contribution in [0.15, 0.2) is 41.0 Å². The third-order valence-electron chi connectivity index (χ3n) is 2.80. The number of aromatic nitrogens is 1. The molecule has 0 amide bonds. The number of hydrogen-bond donors (Lipinski definition) is 1. The minimum atomic E-state index is -0.0776. The number of nitrogens with zero attached hydrogens (tertiary/aromatic N) is 1. The van der Waals surface area contributed by atoms with Gasteiger partial charge < -0.3 is 10.1 Å². The Morgan fingerprint density at radius 2 is 2.16 bits per heavy atom. The number of halogens is 2. The van der Waals surface area contributed by atoms with E-state index in [0.29, 0.717) is 5.02 Å². The second kappa shape index (κ2) is 6.37. The van der Waals surface area contributed by atoms with Gasteiger partial charge in [0, 0.05) is 15.7 Å². The molecule has 0 fully saturated rings. The summed E-state index contributed by atoms with van der Waals surface area (Å²) in [4.78, 5) is 4.41. The molecule has 0 spiro atoms. The lowest BCUT2D eigenvalue weighted by Crippen LogP contribution is -2.19. The molecular formula is C14H14BrClN2O. The van der Waals surface area contributed by atoms with Crippen molar-refractivity contribution in [2.75, 3.05) is 14.2 Å². The molecule has 5 heteroatoms. The number of hydrogen-bond acceptors (Lipinski definition) is 3. The van der Waals surface area contributed by atoms with Gasteiger partial charge >= 0.3 is 0 Å². The third-order valence-corrected chi connectivity index (χ3v) is 3.48. The first-order valence-corrected chi connectivity index (χ1v) is 6.95. The van der Waals surface area contributed by atoms with Crippen LogP contribution in [0.2, 0.25) is 5.02 Å². The summed E-state index contributed by atoms with van der Waals surface area (Å²) < 4.78 is 6.30. The van der Waals surface area contributed by atoms with E-state index in [1.807, 2.05) is 37.4 Å². The van der Waals surface area contributed by atoms with Crippen molar-refractivity contribution < 1.29 is 4.74 Å². The lowest BCUT2D eigenvalue weighted by molar-refractivity contribution is 0.401. The fourth-order valence-corrected chi connectivity index (χ4v) is 2.88. The first-order chi connectivity index (χ1) is 9.15. The molecule has 0 radical (unpaired) electrons. The van der Waals surface area contributed by atoms with Crippen LogP contribution in [0.25, 0.3) is 0 Å². The van der Waals surface area contributed by atoms with Gasteiger partial charge in [0.2, 0.25) is 0 Å². The van der Waals surface area contributed by atoms with Gasteiger partial charge in [0.05, 0.1) is 13.2 Å². The molecule has 3 nitrogen and oxygen atoms in total. The van der Waals surface area contributed by atoms with Crippen molar-refractivity contribution in [1.82, 2.24) is 10.3 Å². The summed E-state index contributed by atoms with van der Waals surface area (Å²) in [5.74, 6) is 0.748. The number of methoxy groups -OCH3 is 1. The van der Waals surface area contributed by atoms with Gasteiger partial charge in [-0.3, -0.25) is 4.98 Å². The summed E-state index contributed by atoms with van der Waals surface area (Å²) in [6.45, 7) is 0. The summed E-state index contributed by atoms with van der Waals surface area (Å²) in [7, 11) is 3.52. The zero-order valence-corrected chi connectivity index (χ0v) is 13.0. The SMILES string of the molecule is CNC(c1cc(Cl)cc(Br)c1)c1ncccc1OC. The molecule has 0 saturated heterocycles. The topological polar surface area (TPSA) is 34.2 Å². The summed E-state index contributed by atoms with van der Waals surface area (Å²) in [6.07, 6.45) is 1.75. The normalized spacial score (nSPS) is 12.2. The summed E-state index contributed by atoms with van der Waals surface area (Å²) in [6, 6.07) is 9.46. The highest BCUT2D eigenvalue weighted by molar-refractivity contribution is 9.10. The monoisotopic (exact) mass is 340 g/mol. The first kappa shape index (κ1) is 14.3. The first-order valence-electron chi connectivity index (χ1n) is 5.78. The number of rotatable bonds is 4. The fourth-order valence-electron chi connectivity index (χ4n) is 2.00. The van der Waals surface area contributed by atoms with Gasteiger partial charge in [0.1, 0.15) is 11.4 Å². The van der Waals surface area contributed by atoms with Crippen LogP contribution in [0.1, 0.15) is 17.3 Å². The lowest BCUT2D eigenvalue weighted by atomic mass is 10.0. The summed E-state index contributed by atoms with van der Waals surface area (Å²) in [5, 5.41) is 3.92. The van der Waals surface area contributed by atoms with Gasteiger partial charge in [0.15, 0.2) is 0 Å². The van der Waals surface area contributed by atoms with E-state index in [4.69, 9.17) is 16.3 Å². The van der Waals surface area contributed by atoms with E-state index in [1.54, 1.807) is 13.3 Å². The van der Waals surface area contributed by atoms with E-state index in [2.05, 4.69) is 26.2 Å². The molecule has 0 aliphatic heterocycles. The molecule has 0 aliphatic carbocycles. The Labute approximate surface area is 126 Å². The van der Waals surface area contributed by atoms with Crippen LogP contribution in [-0.4, -0.2) is 19.1 Å². The molecule has 1 aromatic heterocycles. The molecule has 2 rings (SSSR count). The molecule has 1 unspecified atom stereocenters. The Balaban J connectivity index is 2.49. The standard InChI is InChI=1S/C14H14BrClN2O/c1-17-13(9-6-10(15)8-11(16)7-9)14-12(19-2)4-3-5-18-14/h3-8,13,17H,1-2H3. The molecule has 1 aromatic carbocycles. The molecular weight excluding hydrogens is 328 g/mol. The third kappa shape index (κ3) is 3.26. The Bertz CT molecular complexity index is 557. The highest BCUT2D eigenvalue weighted by atomic mass is 79.9. The maximum atomic E-state index is 6.10. The molecule has 100 valence electrons. The van der Waals surface area contributed by atoms with Crippen LogP contribution < -0.4 is 10.1 Å². The second-order valence-electron chi connectivity index (χ2n) is 4.02.